The van der Waals surface area contributed by atoms with E-state index in [1.807, 2.05) is 6.07 Å². The molecule has 1 aromatic rings. The Labute approximate surface area is 128 Å². The van der Waals surface area contributed by atoms with E-state index >= 15 is 0 Å². The van der Waals surface area contributed by atoms with E-state index in [4.69, 9.17) is 0 Å². The predicted octanol–water partition coefficient (Wildman–Crippen LogP) is 2.07. The van der Waals surface area contributed by atoms with Gasteiger partial charge in [-0.05, 0) is 59.4 Å². The molecule has 0 spiro atoms. The number of nitrogens with one attached hydrogen (secondary N) is 1. The van der Waals surface area contributed by atoms with Gasteiger partial charge in [-0.3, -0.25) is 0 Å². The summed E-state index contributed by atoms with van der Waals surface area (Å²) >= 11 is 3.36. The first kappa shape index (κ1) is 14.5. The van der Waals surface area contributed by atoms with Gasteiger partial charge in [0.25, 0.3) is 0 Å². The zero-order chi connectivity index (χ0) is 14.3. The smallest absolute Gasteiger partial charge is 0.244 e. The molecule has 20 heavy (non-hydrogen) atoms. The Hall–Kier alpha value is -0.430. The van der Waals surface area contributed by atoms with Crippen LogP contribution in [0.1, 0.15) is 13.3 Å². The van der Waals surface area contributed by atoms with Crippen LogP contribution in [-0.4, -0.2) is 38.4 Å². The molecule has 0 radical (unpaired) electrons. The summed E-state index contributed by atoms with van der Waals surface area (Å²) < 4.78 is 28.2. The maximum absolute atomic E-state index is 12.9. The molecule has 1 N–H and O–H groups in total. The van der Waals surface area contributed by atoms with Crippen molar-refractivity contribution in [2.75, 3.05) is 19.6 Å². The van der Waals surface area contributed by atoms with Crippen molar-refractivity contribution in [1.82, 2.24) is 9.62 Å². The molecule has 0 aromatic heterocycles. The molecule has 1 aromatic carbocycles. The standard InChI is InChI=1S/C14H19BrN2O2S/c1-2-13-11-8-16-7-10(11)9-17(13)20(18,19)14-6-4-3-5-12(14)15/h3-6,10-11,13,16H,2,7-9H2,1H3. The normalized spacial score (nSPS) is 30.6. The fourth-order valence-corrected chi connectivity index (χ4v) is 6.31. The molecule has 3 unspecified atom stereocenters. The Morgan fingerprint density at radius 1 is 1.35 bits per heavy atom. The van der Waals surface area contributed by atoms with Crippen molar-refractivity contribution in [3.05, 3.63) is 28.7 Å². The molecule has 0 bridgehead atoms. The van der Waals surface area contributed by atoms with E-state index in [1.54, 1.807) is 22.5 Å². The summed E-state index contributed by atoms with van der Waals surface area (Å²) in [4.78, 5) is 0.381. The average molecular weight is 359 g/mol. The fourth-order valence-electron chi connectivity index (χ4n) is 3.55. The summed E-state index contributed by atoms with van der Waals surface area (Å²) in [6, 6.07) is 7.19. The Morgan fingerprint density at radius 2 is 2.10 bits per heavy atom. The lowest BCUT2D eigenvalue weighted by Crippen LogP contribution is -2.39. The van der Waals surface area contributed by atoms with Gasteiger partial charge < -0.3 is 5.32 Å². The van der Waals surface area contributed by atoms with Crippen molar-refractivity contribution in [1.29, 1.82) is 0 Å². The fraction of sp³-hybridized carbons (Fsp3) is 0.571. The number of fused-ring (bicyclic) bond motifs is 1. The van der Waals surface area contributed by atoms with E-state index in [9.17, 15) is 8.42 Å². The molecule has 2 aliphatic heterocycles. The Bertz CT molecular complexity index is 605. The number of halogens is 1. The molecule has 3 rings (SSSR count). The predicted molar refractivity (Wildman–Crippen MR) is 82.0 cm³/mol. The molecular weight excluding hydrogens is 340 g/mol. The van der Waals surface area contributed by atoms with Gasteiger partial charge in [0.15, 0.2) is 0 Å². The van der Waals surface area contributed by atoms with Gasteiger partial charge in [0, 0.05) is 17.1 Å². The van der Waals surface area contributed by atoms with Crippen molar-refractivity contribution in [2.45, 2.75) is 24.3 Å². The van der Waals surface area contributed by atoms with Crippen molar-refractivity contribution in [3.63, 3.8) is 0 Å². The summed E-state index contributed by atoms with van der Waals surface area (Å²) in [5.41, 5.74) is 0. The molecule has 3 atom stereocenters. The van der Waals surface area contributed by atoms with Crippen LogP contribution < -0.4 is 5.32 Å². The second-order valence-corrected chi connectivity index (χ2v) is 8.28. The van der Waals surface area contributed by atoms with Crippen LogP contribution >= 0.6 is 15.9 Å². The van der Waals surface area contributed by atoms with Crippen LogP contribution in [-0.2, 0) is 10.0 Å². The van der Waals surface area contributed by atoms with E-state index in [2.05, 4.69) is 28.2 Å². The first-order valence-electron chi connectivity index (χ1n) is 7.02. The van der Waals surface area contributed by atoms with E-state index < -0.39 is 10.0 Å². The van der Waals surface area contributed by atoms with Crippen LogP contribution in [0.25, 0.3) is 0 Å². The van der Waals surface area contributed by atoms with Crippen LogP contribution in [0.15, 0.2) is 33.6 Å². The first-order chi connectivity index (χ1) is 9.55. The quantitative estimate of drug-likeness (QED) is 0.899. The molecule has 2 fully saturated rings. The minimum Gasteiger partial charge on any atom is -0.316 e. The third-order valence-corrected chi connectivity index (χ3v) is 7.42. The Balaban J connectivity index is 1.98. The van der Waals surface area contributed by atoms with Gasteiger partial charge in [0.05, 0.1) is 4.90 Å². The average Bonchev–Trinajstić information content (AvgIpc) is 2.98. The monoisotopic (exact) mass is 358 g/mol. The van der Waals surface area contributed by atoms with Gasteiger partial charge in [-0.25, -0.2) is 8.42 Å². The topological polar surface area (TPSA) is 49.4 Å². The lowest BCUT2D eigenvalue weighted by atomic mass is 9.93. The third-order valence-electron chi connectivity index (χ3n) is 4.51. The summed E-state index contributed by atoms with van der Waals surface area (Å²) in [5.74, 6) is 0.912. The molecule has 0 saturated carbocycles. The molecule has 0 amide bonds. The van der Waals surface area contributed by atoms with Crippen LogP contribution in [0.4, 0.5) is 0 Å². The Kier molecular flexibility index (Phi) is 3.92. The van der Waals surface area contributed by atoms with Crippen molar-refractivity contribution in [2.24, 2.45) is 11.8 Å². The highest BCUT2D eigenvalue weighted by molar-refractivity contribution is 9.10. The van der Waals surface area contributed by atoms with Gasteiger partial charge in [-0.1, -0.05) is 19.1 Å². The molecular formula is C14H19BrN2O2S. The highest BCUT2D eigenvalue weighted by Gasteiger charge is 2.48. The maximum Gasteiger partial charge on any atom is 0.244 e. The number of sulfonamides is 1. The van der Waals surface area contributed by atoms with Crippen LogP contribution in [0, 0.1) is 11.8 Å². The number of rotatable bonds is 3. The summed E-state index contributed by atoms with van der Waals surface area (Å²) in [7, 11) is -3.41. The third kappa shape index (κ3) is 2.22. The summed E-state index contributed by atoms with van der Waals surface area (Å²) in [5, 5.41) is 3.38. The van der Waals surface area contributed by atoms with E-state index in [-0.39, 0.29) is 6.04 Å². The number of hydrogen-bond donors (Lipinski definition) is 1. The van der Waals surface area contributed by atoms with E-state index in [0.717, 1.165) is 19.5 Å². The molecule has 0 aliphatic carbocycles. The van der Waals surface area contributed by atoms with Gasteiger partial charge >= 0.3 is 0 Å². The lowest BCUT2D eigenvalue weighted by molar-refractivity contribution is 0.329. The molecule has 110 valence electrons. The van der Waals surface area contributed by atoms with E-state index in [1.165, 1.54) is 0 Å². The molecule has 2 aliphatic rings. The zero-order valence-electron chi connectivity index (χ0n) is 11.4. The maximum atomic E-state index is 12.9. The second kappa shape index (κ2) is 5.40. The largest absolute Gasteiger partial charge is 0.316 e. The lowest BCUT2D eigenvalue weighted by Gasteiger charge is -2.26. The highest BCUT2D eigenvalue weighted by atomic mass is 79.9. The second-order valence-electron chi connectivity index (χ2n) is 5.56. The van der Waals surface area contributed by atoms with Crippen LogP contribution in [0.3, 0.4) is 0 Å². The minimum atomic E-state index is -3.41. The van der Waals surface area contributed by atoms with Gasteiger partial charge in [0.2, 0.25) is 10.0 Å². The highest BCUT2D eigenvalue weighted by Crippen LogP contribution is 2.38. The minimum absolute atomic E-state index is 0.118. The van der Waals surface area contributed by atoms with Crippen LogP contribution in [0.2, 0.25) is 0 Å². The summed E-state index contributed by atoms with van der Waals surface area (Å²) in [6.07, 6.45) is 0.868. The Morgan fingerprint density at radius 3 is 2.80 bits per heavy atom. The van der Waals surface area contributed by atoms with Gasteiger partial charge in [-0.15, -0.1) is 0 Å². The number of hydrogen-bond acceptors (Lipinski definition) is 3. The van der Waals surface area contributed by atoms with E-state index in [0.29, 0.717) is 27.7 Å². The number of benzene rings is 1. The van der Waals surface area contributed by atoms with Crippen molar-refractivity contribution < 1.29 is 8.42 Å². The van der Waals surface area contributed by atoms with Crippen molar-refractivity contribution >= 4 is 26.0 Å². The SMILES string of the molecule is CCC1C2CNCC2CN1S(=O)(=O)c1ccccc1Br. The molecule has 6 heteroatoms. The number of nitrogens with zero attached hydrogens (tertiary/aromatic N) is 1. The molecule has 2 heterocycles. The van der Waals surface area contributed by atoms with Crippen LogP contribution in [0.5, 0.6) is 0 Å². The van der Waals surface area contributed by atoms with Gasteiger partial charge in [0.1, 0.15) is 0 Å². The first-order valence-corrected chi connectivity index (χ1v) is 9.26. The molecule has 4 nitrogen and oxygen atoms in total. The molecule has 2 saturated heterocycles. The summed E-state index contributed by atoms with van der Waals surface area (Å²) in [6.45, 7) is 4.59. The van der Waals surface area contributed by atoms with Crippen molar-refractivity contribution in [3.8, 4) is 0 Å². The van der Waals surface area contributed by atoms with Gasteiger partial charge in [-0.2, -0.15) is 4.31 Å². The zero-order valence-corrected chi connectivity index (χ0v) is 13.8.